The molecule has 1 aliphatic carbocycles. The van der Waals surface area contributed by atoms with Gasteiger partial charge in [-0.1, -0.05) is 33.6 Å². The van der Waals surface area contributed by atoms with E-state index in [0.717, 1.165) is 24.8 Å². The average molecular weight is 241 g/mol. The second-order valence-electron chi connectivity index (χ2n) is 6.14. The molecule has 0 amide bonds. The molecule has 0 aromatic rings. The van der Waals surface area contributed by atoms with Crippen molar-refractivity contribution in [2.75, 3.05) is 13.6 Å². The summed E-state index contributed by atoms with van der Waals surface area (Å²) in [5, 5.41) is 10.2. The molecule has 17 heavy (non-hydrogen) atoms. The van der Waals surface area contributed by atoms with E-state index in [4.69, 9.17) is 0 Å². The third-order valence-corrected chi connectivity index (χ3v) is 4.44. The monoisotopic (exact) mass is 241 g/mol. The van der Waals surface area contributed by atoms with Gasteiger partial charge in [-0.05, 0) is 51.1 Å². The van der Waals surface area contributed by atoms with E-state index in [1.807, 2.05) is 0 Å². The van der Waals surface area contributed by atoms with Gasteiger partial charge in [-0.15, -0.1) is 0 Å². The lowest BCUT2D eigenvalue weighted by atomic mass is 9.77. The summed E-state index contributed by atoms with van der Waals surface area (Å²) in [6.45, 7) is 8.01. The van der Waals surface area contributed by atoms with Crippen molar-refractivity contribution in [3.05, 3.63) is 0 Å². The fourth-order valence-electron chi connectivity index (χ4n) is 3.02. The zero-order valence-corrected chi connectivity index (χ0v) is 12.2. The first-order valence-electron chi connectivity index (χ1n) is 7.44. The van der Waals surface area contributed by atoms with Crippen LogP contribution in [0.1, 0.15) is 59.3 Å². The Morgan fingerprint density at radius 2 is 1.94 bits per heavy atom. The first kappa shape index (κ1) is 15.0. The van der Waals surface area contributed by atoms with Crippen LogP contribution in [-0.2, 0) is 0 Å². The van der Waals surface area contributed by atoms with Crippen molar-refractivity contribution in [3.8, 4) is 0 Å². The molecule has 1 rings (SSSR count). The highest BCUT2D eigenvalue weighted by Crippen LogP contribution is 2.32. The fraction of sp³-hybridized carbons (Fsp3) is 1.00. The van der Waals surface area contributed by atoms with E-state index in [9.17, 15) is 5.11 Å². The topological polar surface area (TPSA) is 23.5 Å². The SMILES string of the molecule is CCCCCN(C)C1CC(C(C)C)CCC1O. The number of likely N-dealkylation sites (N-methyl/N-ethyl adjacent to an activating group) is 1. The van der Waals surface area contributed by atoms with Gasteiger partial charge in [0.05, 0.1) is 6.10 Å². The molecule has 2 nitrogen and oxygen atoms in total. The minimum absolute atomic E-state index is 0.100. The van der Waals surface area contributed by atoms with Crippen molar-refractivity contribution in [1.29, 1.82) is 0 Å². The lowest BCUT2D eigenvalue weighted by Gasteiger charge is -2.40. The summed E-state index contributed by atoms with van der Waals surface area (Å²) in [4.78, 5) is 2.40. The lowest BCUT2D eigenvalue weighted by Crippen LogP contribution is -2.46. The summed E-state index contributed by atoms with van der Waals surface area (Å²) in [7, 11) is 2.19. The van der Waals surface area contributed by atoms with Gasteiger partial charge in [0, 0.05) is 6.04 Å². The van der Waals surface area contributed by atoms with E-state index in [1.165, 1.54) is 32.1 Å². The highest BCUT2D eigenvalue weighted by molar-refractivity contribution is 4.86. The molecule has 1 N–H and O–H groups in total. The number of unbranched alkanes of at least 4 members (excludes halogenated alkanes) is 2. The van der Waals surface area contributed by atoms with Gasteiger partial charge < -0.3 is 10.0 Å². The minimum Gasteiger partial charge on any atom is -0.391 e. The Morgan fingerprint density at radius 1 is 1.24 bits per heavy atom. The van der Waals surface area contributed by atoms with Crippen LogP contribution in [0.25, 0.3) is 0 Å². The maximum absolute atomic E-state index is 10.2. The van der Waals surface area contributed by atoms with Crippen molar-refractivity contribution in [2.45, 2.75) is 71.4 Å². The van der Waals surface area contributed by atoms with E-state index < -0.39 is 0 Å². The zero-order valence-electron chi connectivity index (χ0n) is 12.2. The largest absolute Gasteiger partial charge is 0.391 e. The molecule has 0 radical (unpaired) electrons. The van der Waals surface area contributed by atoms with Crippen molar-refractivity contribution >= 4 is 0 Å². The number of hydrogen-bond acceptors (Lipinski definition) is 2. The highest BCUT2D eigenvalue weighted by atomic mass is 16.3. The first-order chi connectivity index (χ1) is 8.06. The molecule has 1 fully saturated rings. The van der Waals surface area contributed by atoms with Crippen LogP contribution in [0, 0.1) is 11.8 Å². The molecule has 0 spiro atoms. The van der Waals surface area contributed by atoms with Crippen LogP contribution < -0.4 is 0 Å². The van der Waals surface area contributed by atoms with Gasteiger partial charge in [0.15, 0.2) is 0 Å². The number of aliphatic hydroxyl groups excluding tert-OH is 1. The van der Waals surface area contributed by atoms with Crippen LogP contribution in [0.15, 0.2) is 0 Å². The predicted octanol–water partition coefficient (Wildman–Crippen LogP) is 3.29. The van der Waals surface area contributed by atoms with E-state index in [0.29, 0.717) is 6.04 Å². The summed E-state index contributed by atoms with van der Waals surface area (Å²) in [6.07, 6.45) is 7.13. The van der Waals surface area contributed by atoms with E-state index in [-0.39, 0.29) is 6.10 Å². The molecule has 3 unspecified atom stereocenters. The number of rotatable bonds is 6. The number of aliphatic hydroxyl groups is 1. The second-order valence-corrected chi connectivity index (χ2v) is 6.14. The summed E-state index contributed by atoms with van der Waals surface area (Å²) >= 11 is 0. The van der Waals surface area contributed by atoms with Gasteiger partial charge in [-0.2, -0.15) is 0 Å². The Balaban J connectivity index is 2.42. The third kappa shape index (κ3) is 4.59. The molecule has 3 atom stereocenters. The summed E-state index contributed by atoms with van der Waals surface area (Å²) in [5.41, 5.74) is 0. The second kappa shape index (κ2) is 7.38. The van der Waals surface area contributed by atoms with Crippen LogP contribution in [0.2, 0.25) is 0 Å². The molecule has 0 saturated heterocycles. The Morgan fingerprint density at radius 3 is 2.53 bits per heavy atom. The highest BCUT2D eigenvalue weighted by Gasteiger charge is 2.32. The molecule has 0 aromatic heterocycles. The Hall–Kier alpha value is -0.0800. The van der Waals surface area contributed by atoms with Gasteiger partial charge in [0.25, 0.3) is 0 Å². The van der Waals surface area contributed by atoms with Gasteiger partial charge >= 0.3 is 0 Å². The molecule has 0 heterocycles. The molecular formula is C15H31NO. The average Bonchev–Trinajstić information content (AvgIpc) is 2.29. The molecule has 1 aliphatic rings. The Kier molecular flexibility index (Phi) is 6.50. The minimum atomic E-state index is -0.100. The zero-order chi connectivity index (χ0) is 12.8. The van der Waals surface area contributed by atoms with Gasteiger partial charge in [0.2, 0.25) is 0 Å². The van der Waals surface area contributed by atoms with Crippen LogP contribution in [-0.4, -0.2) is 35.7 Å². The summed E-state index contributed by atoms with van der Waals surface area (Å²) in [5.74, 6) is 1.56. The van der Waals surface area contributed by atoms with Gasteiger partial charge in [0.1, 0.15) is 0 Å². The Labute approximate surface area is 107 Å². The van der Waals surface area contributed by atoms with Crippen molar-refractivity contribution in [1.82, 2.24) is 4.90 Å². The molecular weight excluding hydrogens is 210 g/mol. The van der Waals surface area contributed by atoms with E-state index >= 15 is 0 Å². The quantitative estimate of drug-likeness (QED) is 0.721. The predicted molar refractivity (Wildman–Crippen MR) is 74.1 cm³/mol. The van der Waals surface area contributed by atoms with Crippen LogP contribution in [0.4, 0.5) is 0 Å². The van der Waals surface area contributed by atoms with Crippen LogP contribution in [0.5, 0.6) is 0 Å². The smallest absolute Gasteiger partial charge is 0.0695 e. The number of nitrogens with zero attached hydrogens (tertiary/aromatic N) is 1. The van der Waals surface area contributed by atoms with E-state index in [2.05, 4.69) is 32.7 Å². The fourth-order valence-corrected chi connectivity index (χ4v) is 3.02. The van der Waals surface area contributed by atoms with Crippen LogP contribution >= 0.6 is 0 Å². The molecule has 0 bridgehead atoms. The van der Waals surface area contributed by atoms with Crippen LogP contribution in [0.3, 0.4) is 0 Å². The summed E-state index contributed by atoms with van der Waals surface area (Å²) in [6, 6.07) is 0.396. The molecule has 102 valence electrons. The van der Waals surface area contributed by atoms with E-state index in [1.54, 1.807) is 0 Å². The summed E-state index contributed by atoms with van der Waals surface area (Å²) < 4.78 is 0. The third-order valence-electron chi connectivity index (χ3n) is 4.44. The maximum Gasteiger partial charge on any atom is 0.0695 e. The molecule has 1 saturated carbocycles. The van der Waals surface area contributed by atoms with Crippen molar-refractivity contribution < 1.29 is 5.11 Å². The molecule has 0 aromatic carbocycles. The molecule has 0 aliphatic heterocycles. The normalized spacial score (nSPS) is 30.2. The maximum atomic E-state index is 10.2. The van der Waals surface area contributed by atoms with Gasteiger partial charge in [-0.25, -0.2) is 0 Å². The Bertz CT molecular complexity index is 205. The lowest BCUT2D eigenvalue weighted by molar-refractivity contribution is 0.00571. The standard InChI is InChI=1S/C15H31NO/c1-5-6-7-10-16(4)14-11-13(12(2)3)8-9-15(14)17/h12-15,17H,5-11H2,1-4H3. The number of hydrogen-bond donors (Lipinski definition) is 1. The van der Waals surface area contributed by atoms with Crippen molar-refractivity contribution in [3.63, 3.8) is 0 Å². The first-order valence-corrected chi connectivity index (χ1v) is 7.44. The van der Waals surface area contributed by atoms with Gasteiger partial charge in [-0.3, -0.25) is 0 Å². The molecule has 2 heteroatoms. The van der Waals surface area contributed by atoms with Crippen molar-refractivity contribution in [2.24, 2.45) is 11.8 Å².